The van der Waals surface area contributed by atoms with E-state index in [2.05, 4.69) is 10.6 Å². The summed E-state index contributed by atoms with van der Waals surface area (Å²) in [4.78, 5) is -1.21. The highest BCUT2D eigenvalue weighted by molar-refractivity contribution is 7.86. The van der Waals surface area contributed by atoms with E-state index in [-0.39, 0.29) is 60.4 Å². The Kier molecular flexibility index (Phi) is 21.4. The first-order chi connectivity index (χ1) is 31.4. The highest BCUT2D eigenvalue weighted by Gasteiger charge is 2.37. The fraction of sp³-hybridized carbons (Fsp3) is 0.429. The van der Waals surface area contributed by atoms with Crippen molar-refractivity contribution >= 4 is 49.2 Å². The lowest BCUT2D eigenvalue weighted by molar-refractivity contribution is 0.0411. The summed E-state index contributed by atoms with van der Waals surface area (Å²) in [6.45, 7) is 1.28. The van der Waals surface area contributed by atoms with E-state index in [4.69, 9.17) is 45.5 Å². The summed E-state index contributed by atoms with van der Waals surface area (Å²) in [6, 6.07) is 21.6. The molecule has 0 amide bonds. The molecule has 0 saturated heterocycles. The first kappa shape index (κ1) is 54.5. The minimum atomic E-state index is -4.87. The summed E-state index contributed by atoms with van der Waals surface area (Å²) in [5.41, 5.74) is 1.58. The number of hydrogen-bond acceptors (Lipinski definition) is 18. The second-order valence-corrected chi connectivity index (χ2v) is 23.5. The number of aliphatic hydroxyl groups excluding tert-OH is 2. The van der Waals surface area contributed by atoms with E-state index in [0.717, 1.165) is 12.1 Å². The van der Waals surface area contributed by atoms with Crippen molar-refractivity contribution in [3.05, 3.63) is 84.9 Å². The molecular formula is C42H60N2O18S2Si2. The number of benzene rings is 4. The third-order valence-electron chi connectivity index (χ3n) is 10.1. The number of rotatable bonds is 31. The van der Waals surface area contributed by atoms with Gasteiger partial charge in [-0.3, -0.25) is 9.11 Å². The Morgan fingerprint density at radius 2 is 0.848 bits per heavy atom. The summed E-state index contributed by atoms with van der Waals surface area (Å²) in [5.74, 6) is 0.00677. The van der Waals surface area contributed by atoms with Crippen LogP contribution in [0, 0.1) is 0 Å². The van der Waals surface area contributed by atoms with Gasteiger partial charge in [0.15, 0.2) is 0 Å². The number of hydrogen-bond donors (Lipinski definition) is 6. The maximum absolute atomic E-state index is 12.6. The van der Waals surface area contributed by atoms with Crippen LogP contribution in [0.3, 0.4) is 0 Å². The van der Waals surface area contributed by atoms with Crippen LogP contribution in [0.1, 0.15) is 12.8 Å². The zero-order chi connectivity index (χ0) is 48.4. The molecule has 20 nitrogen and oxygen atoms in total. The number of ether oxygens (including phenoxy) is 4. The molecule has 4 aromatic carbocycles. The predicted molar refractivity (Wildman–Crippen MR) is 248 cm³/mol. The van der Waals surface area contributed by atoms with E-state index in [1.807, 2.05) is 0 Å². The summed E-state index contributed by atoms with van der Waals surface area (Å²) < 4.78 is 126. The summed E-state index contributed by atoms with van der Waals surface area (Å²) in [7, 11) is -5.90. The summed E-state index contributed by atoms with van der Waals surface area (Å²) in [6.07, 6.45) is -0.385. The Bertz CT molecular complexity index is 2140. The maximum atomic E-state index is 12.6. The second kappa shape index (κ2) is 25.9. The lowest BCUT2D eigenvalue weighted by atomic mass is 10.1. The fourth-order valence-electron chi connectivity index (χ4n) is 6.40. The largest absolute Gasteiger partial charge is 0.500 e. The van der Waals surface area contributed by atoms with Crippen molar-refractivity contribution in [3.8, 4) is 34.1 Å². The van der Waals surface area contributed by atoms with Crippen LogP contribution in [0.25, 0.3) is 11.1 Å². The molecule has 0 radical (unpaired) electrons. The number of aliphatic hydroxyl groups is 2. The van der Waals surface area contributed by atoms with E-state index < -0.39 is 59.8 Å². The van der Waals surface area contributed by atoms with Gasteiger partial charge >= 0.3 is 17.6 Å². The van der Waals surface area contributed by atoms with Crippen molar-refractivity contribution in [2.24, 2.45) is 0 Å². The zero-order valence-electron chi connectivity index (χ0n) is 37.6. The van der Waals surface area contributed by atoms with Gasteiger partial charge in [0.05, 0.1) is 25.4 Å². The highest BCUT2D eigenvalue weighted by Crippen LogP contribution is 2.37. The standard InChI is InChI=1S/C42H60N2O18S2Si2/c1-53-65(54-2,55-3)23-7-21-59-29-35(45)27-43-33-11-15-37(16-12-33)61-39-19-9-31(25-41(39)63(47,48)49)32-10-20-40(42(26-32)64(50,51)52)62-38-17-13-34(14-18-38)44-28-36(46)30-60-22-8-24-66(56-4,57-5)58-6/h9-20,25-26,35-36,43-46H,7-8,21-24,27-30H2,1-6H3,(H,47,48,49)(H,50,51,52). The van der Waals surface area contributed by atoms with Crippen LogP contribution in [0.2, 0.25) is 12.1 Å². The molecule has 0 aliphatic rings. The molecular weight excluding hydrogens is 941 g/mol. The van der Waals surface area contributed by atoms with Crippen LogP contribution in [0.15, 0.2) is 94.7 Å². The molecule has 0 aromatic heterocycles. The highest BCUT2D eigenvalue weighted by atomic mass is 32.2. The molecule has 0 heterocycles. The minimum Gasteiger partial charge on any atom is -0.456 e. The Balaban J connectivity index is 1.34. The quantitative estimate of drug-likeness (QED) is 0.0205. The fourth-order valence-corrected chi connectivity index (χ4v) is 11.1. The van der Waals surface area contributed by atoms with E-state index >= 15 is 0 Å². The molecule has 6 N–H and O–H groups in total. The lowest BCUT2D eigenvalue weighted by Gasteiger charge is -2.24. The van der Waals surface area contributed by atoms with Crippen LogP contribution in [-0.4, -0.2) is 148 Å². The minimum absolute atomic E-state index is 0.0873. The SMILES string of the molecule is CO[Si](CCCOCC(O)CNc1ccc(Oc2ccc(-c3ccc(Oc4ccc(NCC(O)COCCC[Si](OC)(OC)OC)cc4)c(S(=O)(=O)O)c3)cc2S(=O)(=O)O)cc1)(OC)OC. The van der Waals surface area contributed by atoms with Gasteiger partial charge in [-0.1, -0.05) is 12.1 Å². The van der Waals surface area contributed by atoms with E-state index in [9.17, 15) is 36.2 Å². The van der Waals surface area contributed by atoms with Gasteiger partial charge in [0.1, 0.15) is 32.8 Å². The van der Waals surface area contributed by atoms with Gasteiger partial charge in [0, 0.05) is 92.4 Å². The molecule has 0 saturated carbocycles. The van der Waals surface area contributed by atoms with Crippen molar-refractivity contribution < 1.29 is 81.7 Å². The van der Waals surface area contributed by atoms with Gasteiger partial charge in [-0.2, -0.15) is 16.8 Å². The second-order valence-electron chi connectivity index (χ2n) is 14.5. The zero-order valence-corrected chi connectivity index (χ0v) is 41.3. The molecule has 0 spiro atoms. The average molecular weight is 1000 g/mol. The number of nitrogens with one attached hydrogen (secondary N) is 2. The van der Waals surface area contributed by atoms with Crippen molar-refractivity contribution in [2.75, 3.05) is 92.8 Å². The number of anilines is 2. The molecule has 24 heteroatoms. The third-order valence-corrected chi connectivity index (χ3v) is 17.5. The van der Waals surface area contributed by atoms with Crippen LogP contribution in [0.5, 0.6) is 23.0 Å². The van der Waals surface area contributed by atoms with E-state index in [0.29, 0.717) is 49.5 Å². The molecule has 0 bridgehead atoms. The molecule has 366 valence electrons. The van der Waals surface area contributed by atoms with Gasteiger partial charge in [0.2, 0.25) is 0 Å². The molecule has 4 aromatic rings. The Hall–Kier alpha value is -4.07. The first-order valence-corrected chi connectivity index (χ1v) is 27.3. The van der Waals surface area contributed by atoms with Crippen LogP contribution >= 0.6 is 0 Å². The van der Waals surface area contributed by atoms with Gasteiger partial charge in [0.25, 0.3) is 20.2 Å². The molecule has 0 aliphatic heterocycles. The summed E-state index contributed by atoms with van der Waals surface area (Å²) >= 11 is 0. The third kappa shape index (κ3) is 16.6. The van der Waals surface area contributed by atoms with Gasteiger partial charge in [-0.15, -0.1) is 0 Å². The van der Waals surface area contributed by atoms with E-state index in [1.165, 1.54) is 66.9 Å². The normalized spacial score (nSPS) is 13.3. The first-order valence-electron chi connectivity index (χ1n) is 20.5. The van der Waals surface area contributed by atoms with Crippen LogP contribution in [-0.2, 0) is 56.3 Å². The monoisotopic (exact) mass is 1000 g/mol. The predicted octanol–water partition coefficient (Wildman–Crippen LogP) is 5.55. The van der Waals surface area contributed by atoms with Gasteiger partial charge in [-0.05, 0) is 96.8 Å². The lowest BCUT2D eigenvalue weighted by Crippen LogP contribution is -2.42. The topological polar surface area (TPSA) is 266 Å². The smallest absolute Gasteiger partial charge is 0.456 e. The van der Waals surface area contributed by atoms with Crippen LogP contribution < -0.4 is 20.1 Å². The van der Waals surface area contributed by atoms with Crippen molar-refractivity contribution in [3.63, 3.8) is 0 Å². The van der Waals surface area contributed by atoms with Gasteiger partial charge in [-0.25, -0.2) is 0 Å². The molecule has 0 aliphatic carbocycles. The molecule has 4 rings (SSSR count). The molecule has 2 unspecified atom stereocenters. The Morgan fingerprint density at radius 3 is 1.15 bits per heavy atom. The van der Waals surface area contributed by atoms with E-state index in [1.54, 1.807) is 48.5 Å². The van der Waals surface area contributed by atoms with Gasteiger partial charge < -0.3 is 66.4 Å². The molecule has 2 atom stereocenters. The molecule has 66 heavy (non-hydrogen) atoms. The maximum Gasteiger partial charge on any atom is 0.500 e. The van der Waals surface area contributed by atoms with Crippen molar-refractivity contribution in [1.82, 2.24) is 0 Å². The average Bonchev–Trinajstić information content (AvgIpc) is 3.31. The molecule has 0 fully saturated rings. The van der Waals surface area contributed by atoms with Crippen LogP contribution in [0.4, 0.5) is 11.4 Å². The summed E-state index contributed by atoms with van der Waals surface area (Å²) in [5, 5.41) is 26.9. The Labute approximate surface area is 388 Å². The van der Waals surface area contributed by atoms with Crippen molar-refractivity contribution in [2.45, 2.75) is 46.9 Å². The van der Waals surface area contributed by atoms with Crippen molar-refractivity contribution in [1.29, 1.82) is 0 Å². The Morgan fingerprint density at radius 1 is 0.515 bits per heavy atom.